The van der Waals surface area contributed by atoms with Gasteiger partial charge in [0, 0.05) is 25.8 Å². The van der Waals surface area contributed by atoms with Gasteiger partial charge in [-0.3, -0.25) is 0 Å². The van der Waals surface area contributed by atoms with Crippen LogP contribution in [0.3, 0.4) is 0 Å². The zero-order valence-electron chi connectivity index (χ0n) is 11.7. The van der Waals surface area contributed by atoms with Gasteiger partial charge >= 0.3 is 0 Å². The first kappa shape index (κ1) is 13.6. The van der Waals surface area contributed by atoms with Crippen molar-refractivity contribution in [1.29, 1.82) is 0 Å². The molecule has 1 aromatic heterocycles. The van der Waals surface area contributed by atoms with Crippen molar-refractivity contribution in [2.75, 3.05) is 26.2 Å². The zero-order chi connectivity index (χ0) is 12.8. The normalized spacial score (nSPS) is 16.8. The van der Waals surface area contributed by atoms with E-state index in [1.54, 1.807) is 0 Å². The van der Waals surface area contributed by atoms with E-state index in [0.29, 0.717) is 5.92 Å². The monoisotopic (exact) mass is 250 g/mol. The fourth-order valence-electron chi connectivity index (χ4n) is 2.37. The second-order valence-corrected chi connectivity index (χ2v) is 5.68. The number of imidazole rings is 1. The third-order valence-corrected chi connectivity index (χ3v) is 3.42. The van der Waals surface area contributed by atoms with E-state index in [0.717, 1.165) is 31.9 Å². The van der Waals surface area contributed by atoms with Crippen LogP contribution in [-0.2, 0) is 13.1 Å². The summed E-state index contributed by atoms with van der Waals surface area (Å²) in [7, 11) is 0. The Hall–Kier alpha value is -0.870. The smallest absolute Gasteiger partial charge is 0.0950 e. The van der Waals surface area contributed by atoms with Crippen molar-refractivity contribution in [2.45, 2.75) is 39.8 Å². The zero-order valence-corrected chi connectivity index (χ0v) is 11.7. The maximum absolute atomic E-state index is 4.44. The molecule has 0 atom stereocenters. The van der Waals surface area contributed by atoms with Gasteiger partial charge in [-0.15, -0.1) is 0 Å². The number of nitrogens with zero attached hydrogens (tertiary/aromatic N) is 3. The third kappa shape index (κ3) is 4.42. The Morgan fingerprint density at radius 2 is 2.06 bits per heavy atom. The Balaban J connectivity index is 1.68. The lowest BCUT2D eigenvalue weighted by Gasteiger charge is -2.14. The average Bonchev–Trinajstić information content (AvgIpc) is 2.96. The maximum Gasteiger partial charge on any atom is 0.0950 e. The average molecular weight is 250 g/mol. The Bertz CT molecular complexity index is 339. The van der Waals surface area contributed by atoms with Crippen molar-refractivity contribution in [3.63, 3.8) is 0 Å². The van der Waals surface area contributed by atoms with Crippen LogP contribution in [0.15, 0.2) is 12.5 Å². The van der Waals surface area contributed by atoms with Gasteiger partial charge in [0.2, 0.25) is 0 Å². The molecule has 1 aliphatic heterocycles. The van der Waals surface area contributed by atoms with E-state index in [9.17, 15) is 0 Å². The Labute approximate surface area is 110 Å². The predicted molar refractivity (Wildman–Crippen MR) is 74.4 cm³/mol. The standard InChI is InChI=1S/C14H26N4/c1-13(2)9-15-10-14-11-18(12-16-14)8-7-17-5-3-4-6-17/h11-13,15H,3-10H2,1-2H3. The van der Waals surface area contributed by atoms with Gasteiger partial charge in [-0.1, -0.05) is 13.8 Å². The summed E-state index contributed by atoms with van der Waals surface area (Å²) in [6, 6.07) is 0. The summed E-state index contributed by atoms with van der Waals surface area (Å²) in [5.74, 6) is 0.697. The van der Waals surface area contributed by atoms with Gasteiger partial charge in [-0.05, 0) is 38.4 Å². The number of nitrogens with one attached hydrogen (secondary N) is 1. The van der Waals surface area contributed by atoms with E-state index in [4.69, 9.17) is 0 Å². The van der Waals surface area contributed by atoms with Crippen LogP contribution in [0.25, 0.3) is 0 Å². The molecule has 0 aliphatic carbocycles. The largest absolute Gasteiger partial charge is 0.336 e. The molecule has 1 saturated heterocycles. The van der Waals surface area contributed by atoms with Crippen LogP contribution < -0.4 is 5.32 Å². The number of rotatable bonds is 7. The Kier molecular flexibility index (Phi) is 5.20. The molecule has 0 saturated carbocycles. The molecule has 1 aliphatic rings. The Morgan fingerprint density at radius 3 is 2.78 bits per heavy atom. The van der Waals surface area contributed by atoms with Gasteiger partial charge in [0.15, 0.2) is 0 Å². The van der Waals surface area contributed by atoms with Crippen LogP contribution >= 0.6 is 0 Å². The molecule has 0 unspecified atom stereocenters. The lowest BCUT2D eigenvalue weighted by Crippen LogP contribution is -2.23. The lowest BCUT2D eigenvalue weighted by molar-refractivity contribution is 0.322. The van der Waals surface area contributed by atoms with Gasteiger partial charge in [0.05, 0.1) is 12.0 Å². The first-order valence-electron chi connectivity index (χ1n) is 7.18. The van der Waals surface area contributed by atoms with E-state index in [2.05, 4.69) is 39.8 Å². The minimum absolute atomic E-state index is 0.697. The molecule has 0 bridgehead atoms. The van der Waals surface area contributed by atoms with Crippen LogP contribution in [0.2, 0.25) is 0 Å². The molecule has 0 radical (unpaired) electrons. The molecular weight excluding hydrogens is 224 g/mol. The van der Waals surface area contributed by atoms with E-state index in [1.165, 1.54) is 25.9 Å². The molecule has 0 aromatic carbocycles. The first-order chi connectivity index (χ1) is 8.74. The summed E-state index contributed by atoms with van der Waals surface area (Å²) in [6.07, 6.45) is 6.87. The molecule has 2 rings (SSSR count). The molecule has 4 nitrogen and oxygen atoms in total. The van der Waals surface area contributed by atoms with E-state index in [1.807, 2.05) is 6.33 Å². The number of likely N-dealkylation sites (tertiary alicyclic amines) is 1. The summed E-state index contributed by atoms with van der Waals surface area (Å²) in [5.41, 5.74) is 1.15. The summed E-state index contributed by atoms with van der Waals surface area (Å²) >= 11 is 0. The molecule has 2 heterocycles. The third-order valence-electron chi connectivity index (χ3n) is 3.42. The lowest BCUT2D eigenvalue weighted by atomic mass is 10.2. The highest BCUT2D eigenvalue weighted by molar-refractivity contribution is 4.96. The van der Waals surface area contributed by atoms with Gasteiger partial charge < -0.3 is 14.8 Å². The minimum Gasteiger partial charge on any atom is -0.336 e. The molecule has 18 heavy (non-hydrogen) atoms. The van der Waals surface area contributed by atoms with Crippen molar-refractivity contribution in [3.8, 4) is 0 Å². The molecule has 102 valence electrons. The Morgan fingerprint density at radius 1 is 1.28 bits per heavy atom. The van der Waals surface area contributed by atoms with Gasteiger partial charge in [-0.2, -0.15) is 0 Å². The number of aromatic nitrogens is 2. The second-order valence-electron chi connectivity index (χ2n) is 5.68. The van der Waals surface area contributed by atoms with Crippen molar-refractivity contribution in [3.05, 3.63) is 18.2 Å². The minimum atomic E-state index is 0.697. The topological polar surface area (TPSA) is 33.1 Å². The quantitative estimate of drug-likeness (QED) is 0.800. The van der Waals surface area contributed by atoms with E-state index in [-0.39, 0.29) is 0 Å². The number of hydrogen-bond donors (Lipinski definition) is 1. The molecular formula is C14H26N4. The highest BCUT2D eigenvalue weighted by atomic mass is 15.2. The SMILES string of the molecule is CC(C)CNCc1cn(CCN2CCCC2)cn1. The summed E-state index contributed by atoms with van der Waals surface area (Å²) < 4.78 is 2.21. The summed E-state index contributed by atoms with van der Waals surface area (Å²) in [5, 5.41) is 3.43. The predicted octanol–water partition coefficient (Wildman–Crippen LogP) is 1.72. The fourth-order valence-corrected chi connectivity index (χ4v) is 2.37. The van der Waals surface area contributed by atoms with E-state index < -0.39 is 0 Å². The van der Waals surface area contributed by atoms with Crippen molar-refractivity contribution in [1.82, 2.24) is 19.8 Å². The fraction of sp³-hybridized carbons (Fsp3) is 0.786. The van der Waals surface area contributed by atoms with Crippen LogP contribution in [0.1, 0.15) is 32.4 Å². The molecule has 1 fully saturated rings. The van der Waals surface area contributed by atoms with Gasteiger partial charge in [0.25, 0.3) is 0 Å². The van der Waals surface area contributed by atoms with Crippen molar-refractivity contribution >= 4 is 0 Å². The highest BCUT2D eigenvalue weighted by Crippen LogP contribution is 2.07. The summed E-state index contributed by atoms with van der Waals surface area (Å²) in [6.45, 7) is 11.2. The van der Waals surface area contributed by atoms with Crippen LogP contribution in [0.4, 0.5) is 0 Å². The van der Waals surface area contributed by atoms with Crippen LogP contribution in [-0.4, -0.2) is 40.6 Å². The molecule has 0 amide bonds. The van der Waals surface area contributed by atoms with Crippen LogP contribution in [0.5, 0.6) is 0 Å². The van der Waals surface area contributed by atoms with Gasteiger partial charge in [0.1, 0.15) is 0 Å². The van der Waals surface area contributed by atoms with Crippen molar-refractivity contribution < 1.29 is 0 Å². The van der Waals surface area contributed by atoms with Crippen molar-refractivity contribution in [2.24, 2.45) is 5.92 Å². The maximum atomic E-state index is 4.44. The van der Waals surface area contributed by atoms with Crippen LogP contribution in [0, 0.1) is 5.92 Å². The van der Waals surface area contributed by atoms with Gasteiger partial charge in [-0.25, -0.2) is 4.98 Å². The molecule has 1 aromatic rings. The highest BCUT2D eigenvalue weighted by Gasteiger charge is 2.10. The number of hydrogen-bond acceptors (Lipinski definition) is 3. The summed E-state index contributed by atoms with van der Waals surface area (Å²) in [4.78, 5) is 6.98. The molecule has 1 N–H and O–H groups in total. The molecule has 0 spiro atoms. The van der Waals surface area contributed by atoms with E-state index >= 15 is 0 Å². The second kappa shape index (κ2) is 6.90. The first-order valence-corrected chi connectivity index (χ1v) is 7.18. The molecule has 4 heteroatoms.